The Balaban J connectivity index is 2.30. The third-order valence-electron chi connectivity index (χ3n) is 12.2. The molecule has 13 heteroatoms. The molecule has 392 valence electrons. The molecule has 1 rings (SSSR count). The lowest BCUT2D eigenvalue weighted by Gasteiger charge is -2.41. The van der Waals surface area contributed by atoms with Gasteiger partial charge < -0.3 is 34.3 Å². The van der Waals surface area contributed by atoms with Crippen LogP contribution in [0.15, 0.2) is 48.6 Å². The van der Waals surface area contributed by atoms with E-state index in [1.807, 2.05) is 0 Å². The van der Waals surface area contributed by atoms with E-state index in [2.05, 4.69) is 66.6 Å². The normalized spacial score (nSPS) is 19.8. The molecule has 1 aliphatic heterocycles. The first-order chi connectivity index (χ1) is 32.6. The molecule has 6 atom stereocenters. The number of ether oxygens (including phenoxy) is 4. The molecule has 67 heavy (non-hydrogen) atoms. The van der Waals surface area contributed by atoms with Gasteiger partial charge in [0.15, 0.2) is 6.29 Å². The number of carbonyl (C=O) groups is 1. The Morgan fingerprint density at radius 3 is 1.48 bits per heavy atom. The zero-order chi connectivity index (χ0) is 48.9. The molecule has 0 radical (unpaired) electrons. The van der Waals surface area contributed by atoms with Gasteiger partial charge in [-0.2, -0.15) is 8.42 Å². The molecule has 6 unspecified atom stereocenters. The first kappa shape index (κ1) is 63.1. The summed E-state index contributed by atoms with van der Waals surface area (Å²) in [6.07, 6.45) is 47.4. The topological polar surface area (TPSA) is 178 Å². The Bertz CT molecular complexity index is 1350. The number of unbranched alkanes of at least 4 members (excludes halogenated alkanes) is 26. The van der Waals surface area contributed by atoms with Gasteiger partial charge in [-0.25, -0.2) is 4.18 Å². The number of carbonyl (C=O) groups excluding carboxylic acids is 1. The van der Waals surface area contributed by atoms with E-state index in [9.17, 15) is 33.1 Å². The molecule has 0 saturated carbocycles. The number of hydrogen-bond acceptors (Lipinski definition) is 11. The smallest absolute Gasteiger partial charge is 0.397 e. The second-order valence-corrected chi connectivity index (χ2v) is 19.5. The van der Waals surface area contributed by atoms with Gasteiger partial charge in [-0.3, -0.25) is 9.35 Å². The lowest BCUT2D eigenvalue weighted by molar-refractivity contribution is -0.301. The van der Waals surface area contributed by atoms with E-state index in [0.717, 1.165) is 57.8 Å². The number of hydrogen-bond donors (Lipinski definition) is 4. The standard InChI is InChI=1S/C54H98O12S/c1-3-5-7-9-11-13-15-17-19-20-21-22-23-24-25-26-27-28-30-32-34-36-38-40-42-44-62-46-48(47-63-54-52(58)53(66-67(59,60)61)51(57)49(45-55)65-54)64-50(56)43-41-39-37-35-33-31-29-18-16-14-12-10-8-6-4-2/h6,8,12,14,18,29,33,35,48-49,51-55,57-58H,3-5,7,9-11,13,15-17,19-28,30-32,34,36-47H2,1-2H3,(H,59,60,61)/b8-6-,14-12-,29-18-,35-33-. The molecule has 0 amide bonds. The fraction of sp³-hybridized carbons (Fsp3) is 0.833. The van der Waals surface area contributed by atoms with E-state index in [4.69, 9.17) is 18.9 Å². The molecule has 12 nitrogen and oxygen atoms in total. The van der Waals surface area contributed by atoms with Gasteiger partial charge in [0, 0.05) is 13.0 Å². The van der Waals surface area contributed by atoms with E-state index >= 15 is 0 Å². The van der Waals surface area contributed by atoms with Crippen LogP contribution in [0.4, 0.5) is 0 Å². The lowest BCUT2D eigenvalue weighted by Crippen LogP contribution is -2.60. The summed E-state index contributed by atoms with van der Waals surface area (Å²) in [6, 6.07) is 0. The zero-order valence-electron chi connectivity index (χ0n) is 42.2. The fourth-order valence-corrected chi connectivity index (χ4v) is 8.70. The Kier molecular flexibility index (Phi) is 42.6. The van der Waals surface area contributed by atoms with Crippen LogP contribution in [0, 0.1) is 0 Å². The van der Waals surface area contributed by atoms with Crippen molar-refractivity contribution in [1.82, 2.24) is 0 Å². The number of aliphatic hydroxyl groups is 3. The quantitative estimate of drug-likeness (QED) is 0.0197. The maximum atomic E-state index is 12.9. The third kappa shape index (κ3) is 38.5. The highest BCUT2D eigenvalue weighted by molar-refractivity contribution is 7.80. The van der Waals surface area contributed by atoms with Crippen LogP contribution in [0.1, 0.15) is 226 Å². The van der Waals surface area contributed by atoms with Crippen LogP contribution in [0.2, 0.25) is 0 Å². The Hall–Kier alpha value is -1.94. The van der Waals surface area contributed by atoms with Gasteiger partial charge in [-0.15, -0.1) is 0 Å². The van der Waals surface area contributed by atoms with Crippen LogP contribution in [-0.4, -0.2) is 97.5 Å². The van der Waals surface area contributed by atoms with E-state index in [0.29, 0.717) is 13.0 Å². The first-order valence-electron chi connectivity index (χ1n) is 26.9. The molecule has 1 saturated heterocycles. The van der Waals surface area contributed by atoms with Crippen LogP contribution in [0.3, 0.4) is 0 Å². The summed E-state index contributed by atoms with van der Waals surface area (Å²) in [5, 5.41) is 30.8. The monoisotopic (exact) mass is 971 g/mol. The second kappa shape index (κ2) is 45.2. The summed E-state index contributed by atoms with van der Waals surface area (Å²) in [7, 11) is -5.07. The summed E-state index contributed by atoms with van der Waals surface area (Å²) in [6.45, 7) is 3.86. The SMILES string of the molecule is CC/C=C\C/C=C\C/C=C\C/C=C\CCCCC(=O)OC(COCCCCCCCCCCCCCCCCCCCCCCCCCCC)COC1OC(CO)C(O)C(OS(=O)(=O)O)C1O. The van der Waals surface area contributed by atoms with Crippen LogP contribution in [0.5, 0.6) is 0 Å². The third-order valence-corrected chi connectivity index (χ3v) is 12.7. The Labute approximate surface area is 408 Å². The molecule has 0 aliphatic carbocycles. The van der Waals surface area contributed by atoms with Crippen molar-refractivity contribution < 1.29 is 56.2 Å². The van der Waals surface area contributed by atoms with Gasteiger partial charge in [0.05, 0.1) is 19.8 Å². The van der Waals surface area contributed by atoms with Gasteiger partial charge in [0.2, 0.25) is 0 Å². The number of rotatable bonds is 47. The maximum absolute atomic E-state index is 12.9. The fourth-order valence-electron chi connectivity index (χ4n) is 8.20. The van der Waals surface area contributed by atoms with E-state index < -0.39 is 59.8 Å². The minimum atomic E-state index is -5.07. The Morgan fingerprint density at radius 1 is 0.582 bits per heavy atom. The molecule has 0 aromatic rings. The van der Waals surface area contributed by atoms with Crippen molar-refractivity contribution in [3.8, 4) is 0 Å². The van der Waals surface area contributed by atoms with Crippen molar-refractivity contribution in [1.29, 1.82) is 0 Å². The predicted octanol–water partition coefficient (Wildman–Crippen LogP) is 12.7. The van der Waals surface area contributed by atoms with E-state index in [1.54, 1.807) is 0 Å². The average molecular weight is 971 g/mol. The molecule has 0 aromatic heterocycles. The van der Waals surface area contributed by atoms with Gasteiger partial charge in [0.25, 0.3) is 0 Å². The molecular formula is C54H98O12S. The van der Waals surface area contributed by atoms with Gasteiger partial charge in [-0.1, -0.05) is 217 Å². The minimum Gasteiger partial charge on any atom is -0.457 e. The lowest BCUT2D eigenvalue weighted by atomic mass is 9.99. The highest BCUT2D eigenvalue weighted by Gasteiger charge is 2.48. The maximum Gasteiger partial charge on any atom is 0.397 e. The van der Waals surface area contributed by atoms with Crippen molar-refractivity contribution in [3.63, 3.8) is 0 Å². The summed E-state index contributed by atoms with van der Waals surface area (Å²) in [4.78, 5) is 12.9. The van der Waals surface area contributed by atoms with Crippen molar-refractivity contribution in [2.24, 2.45) is 0 Å². The van der Waals surface area contributed by atoms with E-state index in [1.165, 1.54) is 141 Å². The average Bonchev–Trinajstić information content (AvgIpc) is 3.30. The largest absolute Gasteiger partial charge is 0.457 e. The highest BCUT2D eigenvalue weighted by atomic mass is 32.3. The van der Waals surface area contributed by atoms with Gasteiger partial charge >= 0.3 is 16.4 Å². The number of aliphatic hydroxyl groups excluding tert-OH is 3. The summed E-state index contributed by atoms with van der Waals surface area (Å²) >= 11 is 0. The first-order valence-corrected chi connectivity index (χ1v) is 28.3. The summed E-state index contributed by atoms with van der Waals surface area (Å²) in [5.41, 5.74) is 0. The van der Waals surface area contributed by atoms with Crippen LogP contribution in [0.25, 0.3) is 0 Å². The van der Waals surface area contributed by atoms with Crippen LogP contribution in [-0.2, 0) is 38.3 Å². The Morgan fingerprint density at radius 2 is 1.03 bits per heavy atom. The summed E-state index contributed by atoms with van der Waals surface area (Å²) in [5.74, 6) is -0.436. The molecule has 0 aromatic carbocycles. The number of esters is 1. The summed E-state index contributed by atoms with van der Waals surface area (Å²) < 4.78 is 59.2. The number of allylic oxidation sites excluding steroid dienone is 8. The van der Waals surface area contributed by atoms with Gasteiger partial charge in [-0.05, 0) is 51.4 Å². The molecule has 1 fully saturated rings. The molecule has 0 bridgehead atoms. The molecule has 1 heterocycles. The molecule has 1 aliphatic rings. The molecular weight excluding hydrogens is 873 g/mol. The molecule has 0 spiro atoms. The second-order valence-electron chi connectivity index (χ2n) is 18.4. The minimum absolute atomic E-state index is 0.0207. The van der Waals surface area contributed by atoms with Crippen LogP contribution >= 0.6 is 0 Å². The highest BCUT2D eigenvalue weighted by Crippen LogP contribution is 2.26. The van der Waals surface area contributed by atoms with E-state index in [-0.39, 0.29) is 19.6 Å². The van der Waals surface area contributed by atoms with Crippen molar-refractivity contribution in [2.75, 3.05) is 26.4 Å². The van der Waals surface area contributed by atoms with Crippen molar-refractivity contribution in [3.05, 3.63) is 48.6 Å². The van der Waals surface area contributed by atoms with Crippen molar-refractivity contribution in [2.45, 2.75) is 263 Å². The van der Waals surface area contributed by atoms with Crippen LogP contribution < -0.4 is 0 Å². The predicted molar refractivity (Wildman–Crippen MR) is 271 cm³/mol. The van der Waals surface area contributed by atoms with Gasteiger partial charge in [0.1, 0.15) is 30.5 Å². The molecule has 4 N–H and O–H groups in total. The van der Waals surface area contributed by atoms with Crippen molar-refractivity contribution >= 4 is 16.4 Å². The zero-order valence-corrected chi connectivity index (χ0v) is 43.0.